The van der Waals surface area contributed by atoms with Crippen LogP contribution in [-0.4, -0.2) is 73.8 Å². The number of benzene rings is 1. The van der Waals surface area contributed by atoms with Crippen molar-refractivity contribution in [1.82, 2.24) is 20.4 Å². The number of rotatable bonds is 8. The highest BCUT2D eigenvalue weighted by Gasteiger charge is 2.22. The monoisotopic (exact) mass is 401 g/mol. The van der Waals surface area contributed by atoms with Gasteiger partial charge >= 0.3 is 0 Å². The molecule has 1 aromatic carbocycles. The number of likely N-dealkylation sites (N-methyl/N-ethyl adjacent to an activating group) is 1. The number of nitrogens with zero attached hydrogens (tertiary/aromatic N) is 3. The summed E-state index contributed by atoms with van der Waals surface area (Å²) in [6.07, 6.45) is 2.92. The molecule has 3 rings (SSSR count). The van der Waals surface area contributed by atoms with Gasteiger partial charge < -0.3 is 15.4 Å². The fourth-order valence-corrected chi connectivity index (χ4v) is 4.39. The molecule has 2 unspecified atom stereocenters. The van der Waals surface area contributed by atoms with Crippen LogP contribution in [0.5, 0.6) is 0 Å². The van der Waals surface area contributed by atoms with Crippen molar-refractivity contribution in [3.63, 3.8) is 0 Å². The van der Waals surface area contributed by atoms with Crippen LogP contribution in [0.3, 0.4) is 0 Å². The standard InChI is InChI=1S/C23H39N5O/c1-4-24-23(26-16-22-10-7-11-28(22)5-2)25-15-20-8-6-9-21(14-20)18-27-12-13-29-19(3)17-27/h6,8-9,14,19,22H,4-5,7,10-13,15-18H2,1-3H3,(H2,24,25,26). The van der Waals surface area contributed by atoms with E-state index in [0.717, 1.165) is 51.8 Å². The van der Waals surface area contributed by atoms with Crippen LogP contribution in [-0.2, 0) is 17.8 Å². The molecule has 6 heteroatoms. The van der Waals surface area contributed by atoms with Crippen molar-refractivity contribution in [2.75, 3.05) is 45.9 Å². The van der Waals surface area contributed by atoms with Crippen molar-refractivity contribution >= 4 is 5.96 Å². The molecule has 0 amide bonds. The number of guanidine groups is 1. The van der Waals surface area contributed by atoms with Crippen LogP contribution < -0.4 is 10.6 Å². The van der Waals surface area contributed by atoms with Gasteiger partial charge in [-0.25, -0.2) is 4.99 Å². The van der Waals surface area contributed by atoms with Gasteiger partial charge in [-0.3, -0.25) is 9.80 Å². The Labute approximate surface area is 176 Å². The summed E-state index contributed by atoms with van der Waals surface area (Å²) in [5.41, 5.74) is 2.62. The van der Waals surface area contributed by atoms with E-state index in [0.29, 0.717) is 18.7 Å². The maximum Gasteiger partial charge on any atom is 0.191 e. The first kappa shape index (κ1) is 22.1. The number of hydrogen-bond acceptors (Lipinski definition) is 4. The molecule has 2 heterocycles. The summed E-state index contributed by atoms with van der Waals surface area (Å²) >= 11 is 0. The van der Waals surface area contributed by atoms with Crippen LogP contribution in [0.25, 0.3) is 0 Å². The molecule has 2 N–H and O–H groups in total. The molecular weight excluding hydrogens is 362 g/mol. The molecule has 0 spiro atoms. The van der Waals surface area contributed by atoms with E-state index in [1.54, 1.807) is 0 Å². The first-order valence-electron chi connectivity index (χ1n) is 11.4. The van der Waals surface area contributed by atoms with Crippen molar-refractivity contribution in [1.29, 1.82) is 0 Å². The zero-order valence-corrected chi connectivity index (χ0v) is 18.5. The van der Waals surface area contributed by atoms with E-state index >= 15 is 0 Å². The lowest BCUT2D eigenvalue weighted by Gasteiger charge is -2.31. The van der Waals surface area contributed by atoms with Gasteiger partial charge in [0, 0.05) is 38.8 Å². The van der Waals surface area contributed by atoms with Gasteiger partial charge in [-0.2, -0.15) is 0 Å². The third kappa shape index (κ3) is 6.98. The SMILES string of the molecule is CCNC(=NCc1cccc(CN2CCOC(C)C2)c1)NCC1CCCN1CC. The molecule has 2 saturated heterocycles. The van der Waals surface area contributed by atoms with Crippen molar-refractivity contribution in [3.05, 3.63) is 35.4 Å². The minimum Gasteiger partial charge on any atom is -0.376 e. The smallest absolute Gasteiger partial charge is 0.191 e. The van der Waals surface area contributed by atoms with Crippen LogP contribution in [0.15, 0.2) is 29.3 Å². The second kappa shape index (κ2) is 11.5. The number of likely N-dealkylation sites (tertiary alicyclic amines) is 1. The Morgan fingerprint density at radius 3 is 2.86 bits per heavy atom. The fourth-order valence-electron chi connectivity index (χ4n) is 4.39. The van der Waals surface area contributed by atoms with E-state index in [1.165, 1.54) is 30.5 Å². The molecule has 162 valence electrons. The van der Waals surface area contributed by atoms with Gasteiger partial charge in [0.15, 0.2) is 5.96 Å². The maximum absolute atomic E-state index is 5.65. The molecule has 2 atom stereocenters. The lowest BCUT2D eigenvalue weighted by atomic mass is 10.1. The summed E-state index contributed by atoms with van der Waals surface area (Å²) in [5.74, 6) is 0.919. The average Bonchev–Trinajstić information content (AvgIpc) is 3.18. The second-order valence-corrected chi connectivity index (χ2v) is 8.24. The van der Waals surface area contributed by atoms with E-state index in [-0.39, 0.29) is 0 Å². The first-order valence-corrected chi connectivity index (χ1v) is 11.4. The van der Waals surface area contributed by atoms with E-state index in [1.807, 2.05) is 0 Å². The quantitative estimate of drug-likeness (QED) is 0.518. The number of hydrogen-bond donors (Lipinski definition) is 2. The van der Waals surface area contributed by atoms with Crippen molar-refractivity contribution in [2.45, 2.75) is 58.8 Å². The Kier molecular flexibility index (Phi) is 8.77. The van der Waals surface area contributed by atoms with E-state index < -0.39 is 0 Å². The number of aliphatic imine (C=N–C) groups is 1. The highest BCUT2D eigenvalue weighted by atomic mass is 16.5. The van der Waals surface area contributed by atoms with E-state index in [2.05, 4.69) is 65.5 Å². The van der Waals surface area contributed by atoms with Gasteiger partial charge in [0.25, 0.3) is 0 Å². The average molecular weight is 402 g/mol. The lowest BCUT2D eigenvalue weighted by molar-refractivity contribution is -0.0212. The molecule has 0 aliphatic carbocycles. The number of morpholine rings is 1. The number of nitrogens with one attached hydrogen (secondary N) is 2. The molecule has 6 nitrogen and oxygen atoms in total. The minimum absolute atomic E-state index is 0.328. The van der Waals surface area contributed by atoms with Gasteiger partial charge in [0.2, 0.25) is 0 Å². The molecule has 29 heavy (non-hydrogen) atoms. The molecule has 1 aromatic rings. The summed E-state index contributed by atoms with van der Waals surface area (Å²) < 4.78 is 5.65. The van der Waals surface area contributed by atoms with Crippen LogP contribution in [0, 0.1) is 0 Å². The number of ether oxygens (including phenoxy) is 1. The van der Waals surface area contributed by atoms with Crippen LogP contribution >= 0.6 is 0 Å². The Balaban J connectivity index is 1.54. The van der Waals surface area contributed by atoms with Gasteiger partial charge in [0.05, 0.1) is 19.3 Å². The Bertz CT molecular complexity index is 650. The summed E-state index contributed by atoms with van der Waals surface area (Å²) in [7, 11) is 0. The molecular formula is C23H39N5O. The Morgan fingerprint density at radius 2 is 2.07 bits per heavy atom. The molecule has 2 aliphatic heterocycles. The van der Waals surface area contributed by atoms with E-state index in [9.17, 15) is 0 Å². The van der Waals surface area contributed by atoms with Crippen LogP contribution in [0.4, 0.5) is 0 Å². The van der Waals surface area contributed by atoms with E-state index in [4.69, 9.17) is 9.73 Å². The molecule has 0 radical (unpaired) electrons. The molecule has 2 fully saturated rings. The van der Waals surface area contributed by atoms with Gasteiger partial charge in [0.1, 0.15) is 0 Å². The van der Waals surface area contributed by atoms with Gasteiger partial charge in [-0.1, -0.05) is 31.2 Å². The Morgan fingerprint density at radius 1 is 1.21 bits per heavy atom. The summed E-state index contributed by atoms with van der Waals surface area (Å²) in [4.78, 5) is 9.88. The highest BCUT2D eigenvalue weighted by molar-refractivity contribution is 5.79. The zero-order valence-electron chi connectivity index (χ0n) is 18.5. The van der Waals surface area contributed by atoms with Crippen molar-refractivity contribution in [2.24, 2.45) is 4.99 Å². The normalized spacial score (nSPS) is 24.0. The van der Waals surface area contributed by atoms with Crippen molar-refractivity contribution in [3.8, 4) is 0 Å². The highest BCUT2D eigenvalue weighted by Crippen LogP contribution is 2.16. The first-order chi connectivity index (χ1) is 14.2. The minimum atomic E-state index is 0.328. The molecule has 0 saturated carbocycles. The van der Waals surface area contributed by atoms with Gasteiger partial charge in [-0.15, -0.1) is 0 Å². The molecule has 2 aliphatic rings. The maximum atomic E-state index is 5.65. The summed E-state index contributed by atoms with van der Waals surface area (Å²) in [6, 6.07) is 9.47. The topological polar surface area (TPSA) is 52.1 Å². The zero-order chi connectivity index (χ0) is 20.5. The largest absolute Gasteiger partial charge is 0.376 e. The van der Waals surface area contributed by atoms with Crippen LogP contribution in [0.1, 0.15) is 44.7 Å². The summed E-state index contributed by atoms with van der Waals surface area (Å²) in [5, 5.41) is 6.95. The second-order valence-electron chi connectivity index (χ2n) is 8.24. The molecule has 0 bridgehead atoms. The lowest BCUT2D eigenvalue weighted by Crippen LogP contribution is -2.44. The fraction of sp³-hybridized carbons (Fsp3) is 0.696. The third-order valence-electron chi connectivity index (χ3n) is 5.90. The molecule has 0 aromatic heterocycles. The third-order valence-corrected chi connectivity index (χ3v) is 5.90. The van der Waals surface area contributed by atoms with Crippen molar-refractivity contribution < 1.29 is 4.74 Å². The summed E-state index contributed by atoms with van der Waals surface area (Å²) in [6.45, 7) is 15.3. The predicted octanol–water partition coefficient (Wildman–Crippen LogP) is 2.45. The van der Waals surface area contributed by atoms with Crippen LogP contribution in [0.2, 0.25) is 0 Å². The van der Waals surface area contributed by atoms with Gasteiger partial charge in [-0.05, 0) is 50.9 Å². The Hall–Kier alpha value is -1.63. The predicted molar refractivity (Wildman–Crippen MR) is 120 cm³/mol.